The van der Waals surface area contributed by atoms with Crippen LogP contribution >= 0.6 is 0 Å². The van der Waals surface area contributed by atoms with Crippen LogP contribution in [0.1, 0.15) is 36.0 Å². The van der Waals surface area contributed by atoms with Crippen LogP contribution in [0.3, 0.4) is 0 Å². The van der Waals surface area contributed by atoms with Gasteiger partial charge in [-0.25, -0.2) is 8.78 Å². The third kappa shape index (κ3) is 6.66. The molecule has 0 bridgehead atoms. The number of aromatic nitrogens is 1. The molecule has 0 radical (unpaired) electrons. The van der Waals surface area contributed by atoms with E-state index in [1.54, 1.807) is 0 Å². The summed E-state index contributed by atoms with van der Waals surface area (Å²) in [6.45, 7) is 6.32. The van der Waals surface area contributed by atoms with Gasteiger partial charge in [-0.3, -0.25) is 4.90 Å². The first-order chi connectivity index (χ1) is 21.9. The Labute approximate surface area is 261 Å². The van der Waals surface area contributed by atoms with Crippen molar-refractivity contribution in [3.63, 3.8) is 0 Å². The zero-order chi connectivity index (χ0) is 31.3. The molecule has 1 fully saturated rings. The van der Waals surface area contributed by atoms with E-state index in [2.05, 4.69) is 4.90 Å². The predicted molar refractivity (Wildman–Crippen MR) is 171 cm³/mol. The van der Waals surface area contributed by atoms with Gasteiger partial charge in [0.05, 0.1) is 12.8 Å². The smallest absolute Gasteiger partial charge is 0.204 e. The zero-order valence-corrected chi connectivity index (χ0v) is 25.6. The van der Waals surface area contributed by atoms with Crippen molar-refractivity contribution in [3.05, 3.63) is 113 Å². The number of piperidine rings is 1. The lowest BCUT2D eigenvalue weighted by Gasteiger charge is -2.26. The van der Waals surface area contributed by atoms with Gasteiger partial charge >= 0.3 is 0 Å². The van der Waals surface area contributed by atoms with E-state index in [0.29, 0.717) is 36.8 Å². The Hall–Kier alpha value is -4.43. The third-order valence-corrected chi connectivity index (χ3v) is 8.50. The van der Waals surface area contributed by atoms with E-state index in [0.717, 1.165) is 60.6 Å². The number of halogens is 3. The van der Waals surface area contributed by atoms with E-state index < -0.39 is 23.2 Å². The monoisotopic (exact) mass is 614 g/mol. The van der Waals surface area contributed by atoms with E-state index in [-0.39, 0.29) is 5.56 Å². The summed E-state index contributed by atoms with van der Waals surface area (Å²) in [7, 11) is 1.11. The maximum Gasteiger partial charge on any atom is 0.204 e. The second-order valence-corrected chi connectivity index (χ2v) is 11.5. The average molecular weight is 615 g/mol. The van der Waals surface area contributed by atoms with Gasteiger partial charge in [-0.05, 0) is 85.9 Å². The lowest BCUT2D eigenvalue weighted by Crippen LogP contribution is -2.33. The molecule has 0 unspecified atom stereocenters. The zero-order valence-electron chi connectivity index (χ0n) is 25.6. The molecule has 1 aliphatic rings. The van der Waals surface area contributed by atoms with Crippen molar-refractivity contribution in [3.8, 4) is 28.5 Å². The fourth-order valence-corrected chi connectivity index (χ4v) is 6.13. The minimum absolute atomic E-state index is 0.177. The van der Waals surface area contributed by atoms with Crippen molar-refractivity contribution >= 4 is 10.9 Å². The van der Waals surface area contributed by atoms with Crippen molar-refractivity contribution in [2.45, 2.75) is 39.3 Å². The summed E-state index contributed by atoms with van der Waals surface area (Å²) in [5.41, 5.74) is 3.62. The van der Waals surface area contributed by atoms with Crippen LogP contribution in [0.15, 0.2) is 78.9 Å². The Kier molecular flexibility index (Phi) is 9.31. The number of aryl methyl sites for hydroxylation is 1. The van der Waals surface area contributed by atoms with Crippen LogP contribution in [0.25, 0.3) is 22.2 Å². The SMILES string of the molecule is COc1c(F)cc(-c2c(C)c3cc(OCc4ccccc4)ccc3n2Cc2ccc(OCCN3CCCCC3)cc2)c(F)c1F. The molecule has 1 saturated heterocycles. The lowest BCUT2D eigenvalue weighted by molar-refractivity contribution is 0.183. The number of likely N-dealkylation sites (tertiary alicyclic amines) is 1. The lowest BCUT2D eigenvalue weighted by atomic mass is 10.0. The van der Waals surface area contributed by atoms with Gasteiger partial charge in [0.2, 0.25) is 5.82 Å². The van der Waals surface area contributed by atoms with E-state index in [4.69, 9.17) is 14.2 Å². The van der Waals surface area contributed by atoms with E-state index >= 15 is 4.39 Å². The maximum atomic E-state index is 15.6. The first kappa shape index (κ1) is 30.6. The molecule has 6 rings (SSSR count). The van der Waals surface area contributed by atoms with Gasteiger partial charge in [-0.15, -0.1) is 0 Å². The van der Waals surface area contributed by atoms with E-state index in [1.807, 2.05) is 84.3 Å². The maximum absolute atomic E-state index is 15.6. The predicted octanol–water partition coefficient (Wildman–Crippen LogP) is 8.53. The van der Waals surface area contributed by atoms with Crippen LogP contribution in [0.4, 0.5) is 13.2 Å². The normalized spacial score (nSPS) is 13.7. The number of benzene rings is 4. The van der Waals surface area contributed by atoms with Gasteiger partial charge in [0, 0.05) is 29.6 Å². The number of fused-ring (bicyclic) bond motifs is 1. The molecule has 0 spiro atoms. The van der Waals surface area contributed by atoms with E-state index in [9.17, 15) is 8.78 Å². The molecular formula is C37H37F3N2O3. The molecule has 0 saturated carbocycles. The van der Waals surface area contributed by atoms with E-state index in [1.165, 1.54) is 19.3 Å². The molecule has 2 heterocycles. The van der Waals surface area contributed by atoms with Crippen molar-refractivity contribution in [2.24, 2.45) is 0 Å². The van der Waals surface area contributed by atoms with Gasteiger partial charge in [0.25, 0.3) is 0 Å². The highest BCUT2D eigenvalue weighted by Gasteiger charge is 2.26. The number of methoxy groups -OCH3 is 1. The molecule has 1 aliphatic heterocycles. The molecule has 0 aliphatic carbocycles. The van der Waals surface area contributed by atoms with Gasteiger partial charge in [0.15, 0.2) is 17.4 Å². The van der Waals surface area contributed by atoms with Crippen LogP contribution in [-0.2, 0) is 13.2 Å². The van der Waals surface area contributed by atoms with Crippen LogP contribution in [0.2, 0.25) is 0 Å². The highest BCUT2D eigenvalue weighted by Crippen LogP contribution is 2.40. The molecule has 0 amide bonds. The van der Waals surface area contributed by atoms with Crippen LogP contribution in [-0.4, -0.2) is 42.8 Å². The summed E-state index contributed by atoms with van der Waals surface area (Å²) < 4.78 is 64.2. The molecule has 8 heteroatoms. The van der Waals surface area contributed by atoms with Crippen molar-refractivity contribution in [1.29, 1.82) is 0 Å². The van der Waals surface area contributed by atoms with Gasteiger partial charge in [-0.2, -0.15) is 4.39 Å². The Morgan fingerprint density at radius 1 is 0.756 bits per heavy atom. The number of hydrogen-bond acceptors (Lipinski definition) is 4. The first-order valence-electron chi connectivity index (χ1n) is 15.4. The molecule has 0 N–H and O–H groups in total. The molecule has 234 valence electrons. The molecule has 5 nitrogen and oxygen atoms in total. The number of ether oxygens (including phenoxy) is 3. The largest absolute Gasteiger partial charge is 0.492 e. The standard InChI is InChI=1S/C37H37F3N2O3/c1-25-30-21-29(45-24-27-9-5-3-6-10-27)15-16-33(30)42(36(25)31-22-32(38)37(43-2)35(40)34(31)39)23-26-11-13-28(14-12-26)44-20-19-41-17-7-4-8-18-41/h3,5-6,9-16,21-22H,4,7-8,17-20,23-24H2,1-2H3. The second-order valence-electron chi connectivity index (χ2n) is 11.5. The summed E-state index contributed by atoms with van der Waals surface area (Å²) in [6, 6.07) is 24.2. The Balaban J connectivity index is 1.32. The fourth-order valence-electron chi connectivity index (χ4n) is 6.13. The highest BCUT2D eigenvalue weighted by molar-refractivity contribution is 5.93. The van der Waals surface area contributed by atoms with Gasteiger partial charge in [0.1, 0.15) is 24.7 Å². The summed E-state index contributed by atoms with van der Waals surface area (Å²) in [5.74, 6) is -2.84. The number of rotatable bonds is 11. The Morgan fingerprint density at radius 2 is 1.49 bits per heavy atom. The molecule has 5 aromatic rings. The molecule has 4 aromatic carbocycles. The second kappa shape index (κ2) is 13.7. The van der Waals surface area contributed by atoms with Crippen LogP contribution in [0.5, 0.6) is 17.2 Å². The van der Waals surface area contributed by atoms with Crippen LogP contribution in [0, 0.1) is 24.4 Å². The summed E-state index contributed by atoms with van der Waals surface area (Å²) in [5, 5.41) is 0.796. The van der Waals surface area contributed by atoms with Crippen molar-refractivity contribution < 1.29 is 27.4 Å². The average Bonchev–Trinajstić information content (AvgIpc) is 3.33. The van der Waals surface area contributed by atoms with Gasteiger partial charge < -0.3 is 18.8 Å². The molecule has 45 heavy (non-hydrogen) atoms. The third-order valence-electron chi connectivity index (χ3n) is 8.50. The van der Waals surface area contributed by atoms with Crippen LogP contribution < -0.4 is 14.2 Å². The molecule has 0 atom stereocenters. The minimum atomic E-state index is -1.36. The minimum Gasteiger partial charge on any atom is -0.492 e. The highest BCUT2D eigenvalue weighted by atomic mass is 19.2. The Bertz CT molecular complexity index is 1760. The quantitative estimate of drug-likeness (QED) is 0.140. The first-order valence-corrected chi connectivity index (χ1v) is 15.4. The topological polar surface area (TPSA) is 35.9 Å². The van der Waals surface area contributed by atoms with Crippen molar-refractivity contribution in [2.75, 3.05) is 33.4 Å². The van der Waals surface area contributed by atoms with Crippen molar-refractivity contribution in [1.82, 2.24) is 9.47 Å². The summed E-state index contributed by atoms with van der Waals surface area (Å²) >= 11 is 0. The summed E-state index contributed by atoms with van der Waals surface area (Å²) in [4.78, 5) is 2.43. The fraction of sp³-hybridized carbons (Fsp3) is 0.297. The number of hydrogen-bond donors (Lipinski definition) is 0. The summed E-state index contributed by atoms with van der Waals surface area (Å²) in [6.07, 6.45) is 3.78. The number of nitrogens with zero attached hydrogens (tertiary/aromatic N) is 2. The molecule has 1 aromatic heterocycles. The molecular weight excluding hydrogens is 577 g/mol. The Morgan fingerprint density at radius 3 is 2.22 bits per heavy atom. The van der Waals surface area contributed by atoms with Gasteiger partial charge in [-0.1, -0.05) is 48.9 Å².